The summed E-state index contributed by atoms with van der Waals surface area (Å²) in [4.78, 5) is 12.6. The summed E-state index contributed by atoms with van der Waals surface area (Å²) in [6.45, 7) is 0.162. The average Bonchev–Trinajstić information content (AvgIpc) is 2.75. The number of nitrogens with zero attached hydrogens (tertiary/aromatic N) is 1. The fourth-order valence-corrected chi connectivity index (χ4v) is 4.49. The number of nitriles is 1. The largest absolute Gasteiger partial charge is 0.486 e. The molecule has 0 spiro atoms. The summed E-state index contributed by atoms with van der Waals surface area (Å²) >= 11 is 33.9. The van der Waals surface area contributed by atoms with Crippen molar-refractivity contribution in [2.45, 2.75) is 6.61 Å². The Bertz CT molecular complexity index is 1280. The van der Waals surface area contributed by atoms with Crippen LogP contribution in [-0.4, -0.2) is 5.91 Å². The molecule has 0 aromatic heterocycles. The molecule has 0 atom stereocenters. The van der Waals surface area contributed by atoms with Crippen LogP contribution in [0.15, 0.2) is 58.6 Å². The van der Waals surface area contributed by atoms with Crippen molar-refractivity contribution in [1.29, 1.82) is 5.26 Å². The van der Waals surface area contributed by atoms with Crippen LogP contribution >= 0.6 is 73.9 Å². The van der Waals surface area contributed by atoms with Crippen molar-refractivity contribution in [2.24, 2.45) is 0 Å². The molecule has 0 aliphatic heterocycles. The number of ether oxygens (including phenoxy) is 1. The third-order valence-electron chi connectivity index (χ3n) is 4.28. The van der Waals surface area contributed by atoms with Crippen molar-refractivity contribution in [2.75, 3.05) is 5.32 Å². The van der Waals surface area contributed by atoms with Gasteiger partial charge in [0.05, 0.1) is 25.2 Å². The smallest absolute Gasteiger partial charge is 0.266 e. The number of carbonyl (C=O) groups is 1. The van der Waals surface area contributed by atoms with Gasteiger partial charge >= 0.3 is 0 Å². The quantitative estimate of drug-likeness (QED) is 0.226. The zero-order chi connectivity index (χ0) is 24.1. The molecule has 0 aliphatic carbocycles. The molecule has 0 radical (unpaired) electrons. The molecule has 1 amide bonds. The lowest BCUT2D eigenvalue weighted by Gasteiger charge is -2.12. The van der Waals surface area contributed by atoms with Crippen molar-refractivity contribution < 1.29 is 9.53 Å². The second kappa shape index (κ2) is 11.5. The highest BCUT2D eigenvalue weighted by Gasteiger charge is 2.15. The minimum Gasteiger partial charge on any atom is -0.486 e. The molecule has 0 heterocycles. The van der Waals surface area contributed by atoms with E-state index in [4.69, 9.17) is 62.7 Å². The van der Waals surface area contributed by atoms with Crippen molar-refractivity contribution in [1.82, 2.24) is 0 Å². The number of benzene rings is 3. The summed E-state index contributed by atoms with van der Waals surface area (Å²) < 4.78 is 6.34. The molecule has 0 saturated heterocycles. The molecular formula is C23H12BrCl5N2O2. The van der Waals surface area contributed by atoms with Gasteiger partial charge in [0.2, 0.25) is 0 Å². The first kappa shape index (κ1) is 25.7. The normalized spacial score (nSPS) is 11.1. The van der Waals surface area contributed by atoms with Crippen molar-refractivity contribution in [3.05, 3.63) is 94.8 Å². The summed E-state index contributed by atoms with van der Waals surface area (Å²) in [5.74, 6) is -0.264. The minimum absolute atomic E-state index is 0.157. The number of carbonyl (C=O) groups excluding carboxylic acids is 1. The first-order valence-electron chi connectivity index (χ1n) is 9.12. The van der Waals surface area contributed by atoms with Gasteiger partial charge in [0.15, 0.2) is 5.75 Å². The van der Waals surface area contributed by atoms with Gasteiger partial charge in [-0.1, -0.05) is 70.1 Å². The Morgan fingerprint density at radius 1 is 1.03 bits per heavy atom. The Labute approximate surface area is 223 Å². The molecular weight excluding hydrogens is 593 g/mol. The van der Waals surface area contributed by atoms with Gasteiger partial charge < -0.3 is 10.1 Å². The van der Waals surface area contributed by atoms with E-state index in [1.54, 1.807) is 48.5 Å². The summed E-state index contributed by atoms with van der Waals surface area (Å²) in [5.41, 5.74) is 1.37. The summed E-state index contributed by atoms with van der Waals surface area (Å²) in [5, 5.41) is 13.8. The molecule has 0 bridgehead atoms. The maximum atomic E-state index is 12.6. The number of nitrogens with one attached hydrogen (secondary N) is 1. The maximum Gasteiger partial charge on any atom is 0.266 e. The van der Waals surface area contributed by atoms with Gasteiger partial charge in [0, 0.05) is 15.6 Å². The molecule has 3 aromatic carbocycles. The fourth-order valence-electron chi connectivity index (χ4n) is 2.69. The number of anilines is 1. The van der Waals surface area contributed by atoms with Crippen LogP contribution in [0.5, 0.6) is 5.75 Å². The van der Waals surface area contributed by atoms with Gasteiger partial charge in [-0.2, -0.15) is 5.26 Å². The van der Waals surface area contributed by atoms with Crippen LogP contribution in [0.4, 0.5) is 5.69 Å². The van der Waals surface area contributed by atoms with Crippen LogP contribution in [0.1, 0.15) is 11.1 Å². The van der Waals surface area contributed by atoms with E-state index in [0.29, 0.717) is 31.5 Å². The Morgan fingerprint density at radius 2 is 1.79 bits per heavy atom. The third-order valence-corrected chi connectivity index (χ3v) is 6.56. The average molecular weight is 606 g/mol. The van der Waals surface area contributed by atoms with E-state index in [1.165, 1.54) is 6.08 Å². The molecule has 1 N–H and O–H groups in total. The Kier molecular flexibility index (Phi) is 8.95. The third kappa shape index (κ3) is 6.58. The molecule has 0 fully saturated rings. The zero-order valence-corrected chi connectivity index (χ0v) is 21.8. The van der Waals surface area contributed by atoms with Gasteiger partial charge in [-0.15, -0.1) is 0 Å². The molecule has 168 valence electrons. The van der Waals surface area contributed by atoms with Gasteiger partial charge in [-0.3, -0.25) is 4.79 Å². The molecule has 0 unspecified atom stereocenters. The lowest BCUT2D eigenvalue weighted by atomic mass is 10.1. The fraction of sp³-hybridized carbons (Fsp3) is 0.0435. The van der Waals surface area contributed by atoms with E-state index in [9.17, 15) is 10.1 Å². The predicted octanol–water partition coefficient (Wildman–Crippen LogP) is 8.84. The second-order valence-electron chi connectivity index (χ2n) is 6.56. The molecule has 4 nitrogen and oxygen atoms in total. The highest BCUT2D eigenvalue weighted by molar-refractivity contribution is 9.10. The highest BCUT2D eigenvalue weighted by Crippen LogP contribution is 2.36. The van der Waals surface area contributed by atoms with Gasteiger partial charge in [0.1, 0.15) is 18.2 Å². The van der Waals surface area contributed by atoms with E-state index in [-0.39, 0.29) is 27.2 Å². The first-order chi connectivity index (χ1) is 15.7. The SMILES string of the molecule is N#C/C(=C/c1cc(Cl)c(OCc2ccc(Cl)cc2Cl)c(Br)c1)C(=O)Nc1cccc(Cl)c1Cl. The van der Waals surface area contributed by atoms with E-state index >= 15 is 0 Å². The van der Waals surface area contributed by atoms with Crippen LogP contribution < -0.4 is 10.1 Å². The molecule has 33 heavy (non-hydrogen) atoms. The second-order valence-corrected chi connectivity index (χ2v) is 9.45. The molecule has 3 aromatic rings. The topological polar surface area (TPSA) is 62.1 Å². The van der Waals surface area contributed by atoms with E-state index < -0.39 is 5.91 Å². The number of amides is 1. The highest BCUT2D eigenvalue weighted by atomic mass is 79.9. The summed E-state index contributed by atoms with van der Waals surface area (Å²) in [6, 6.07) is 15.0. The van der Waals surface area contributed by atoms with Crippen LogP contribution in [0.25, 0.3) is 6.08 Å². The van der Waals surface area contributed by atoms with E-state index in [0.717, 1.165) is 5.56 Å². The predicted molar refractivity (Wildman–Crippen MR) is 139 cm³/mol. The van der Waals surface area contributed by atoms with E-state index in [1.807, 2.05) is 6.07 Å². The van der Waals surface area contributed by atoms with Crippen LogP contribution in [0.3, 0.4) is 0 Å². The van der Waals surface area contributed by atoms with Crippen molar-refractivity contribution in [3.63, 3.8) is 0 Å². The molecule has 0 saturated carbocycles. The lowest BCUT2D eigenvalue weighted by molar-refractivity contribution is -0.112. The summed E-state index contributed by atoms with van der Waals surface area (Å²) in [7, 11) is 0. The number of hydrogen-bond acceptors (Lipinski definition) is 3. The molecule has 3 rings (SSSR count). The first-order valence-corrected chi connectivity index (χ1v) is 11.8. The number of halogens is 6. The van der Waals surface area contributed by atoms with Crippen LogP contribution in [0.2, 0.25) is 25.1 Å². The summed E-state index contributed by atoms with van der Waals surface area (Å²) in [6.07, 6.45) is 1.39. The van der Waals surface area contributed by atoms with Crippen LogP contribution in [0, 0.1) is 11.3 Å². The van der Waals surface area contributed by atoms with Gasteiger partial charge in [0.25, 0.3) is 5.91 Å². The number of hydrogen-bond donors (Lipinski definition) is 1. The monoisotopic (exact) mass is 602 g/mol. The Morgan fingerprint density at radius 3 is 2.45 bits per heavy atom. The molecule has 0 aliphatic rings. The minimum atomic E-state index is -0.647. The standard InChI is InChI=1S/C23H12BrCl5N2O2/c24-16-7-12(6-14(10-30)23(32)31-20-3-1-2-17(26)21(20)29)8-19(28)22(16)33-11-13-4-5-15(25)9-18(13)27/h1-9H,11H2,(H,31,32)/b14-6-. The van der Waals surface area contributed by atoms with Crippen molar-refractivity contribution in [3.8, 4) is 11.8 Å². The van der Waals surface area contributed by atoms with Crippen LogP contribution in [-0.2, 0) is 11.4 Å². The Balaban J connectivity index is 1.80. The van der Waals surface area contributed by atoms with Gasteiger partial charge in [-0.25, -0.2) is 0 Å². The van der Waals surface area contributed by atoms with E-state index in [2.05, 4.69) is 21.2 Å². The lowest BCUT2D eigenvalue weighted by Crippen LogP contribution is -2.13. The maximum absolute atomic E-state index is 12.6. The van der Waals surface area contributed by atoms with Gasteiger partial charge in [-0.05, 0) is 64.0 Å². The zero-order valence-electron chi connectivity index (χ0n) is 16.4. The number of rotatable bonds is 6. The van der Waals surface area contributed by atoms with Crippen molar-refractivity contribution >= 4 is 91.6 Å². The Hall–Kier alpha value is -1.91. The molecule has 10 heteroatoms.